The third-order valence-electron chi connectivity index (χ3n) is 2.35. The summed E-state index contributed by atoms with van der Waals surface area (Å²) < 4.78 is 6.14. The quantitative estimate of drug-likeness (QED) is 0.663. The van der Waals surface area contributed by atoms with Crippen molar-refractivity contribution in [2.45, 2.75) is 25.4 Å². The van der Waals surface area contributed by atoms with Crippen molar-refractivity contribution in [2.75, 3.05) is 7.11 Å². The van der Waals surface area contributed by atoms with Crippen LogP contribution in [0.15, 0.2) is 22.7 Å². The molecule has 0 radical (unpaired) electrons. The molecule has 1 aromatic carbocycles. The van der Waals surface area contributed by atoms with Crippen molar-refractivity contribution < 1.29 is 9.84 Å². The zero-order chi connectivity index (χ0) is 12.0. The molecule has 16 heavy (non-hydrogen) atoms. The first kappa shape index (κ1) is 13.1. The normalized spacial score (nSPS) is 11.9. The summed E-state index contributed by atoms with van der Waals surface area (Å²) >= 11 is 3.38. The molecule has 1 rings (SSSR count). The lowest BCUT2D eigenvalue weighted by Crippen LogP contribution is -2.00. The minimum Gasteiger partial charge on any atom is -0.496 e. The summed E-state index contributed by atoms with van der Waals surface area (Å²) in [6.45, 7) is 0. The third kappa shape index (κ3) is 3.55. The summed E-state index contributed by atoms with van der Waals surface area (Å²) in [5.74, 6) is 3.27. The van der Waals surface area contributed by atoms with Crippen LogP contribution in [0, 0.1) is 12.3 Å². The number of terminal acetylenes is 1. The van der Waals surface area contributed by atoms with Gasteiger partial charge in [0.1, 0.15) is 5.75 Å². The highest BCUT2D eigenvalue weighted by Crippen LogP contribution is 2.30. The maximum absolute atomic E-state index is 10.0. The van der Waals surface area contributed by atoms with Crippen LogP contribution in [-0.4, -0.2) is 12.2 Å². The Labute approximate surface area is 105 Å². The van der Waals surface area contributed by atoms with E-state index in [-0.39, 0.29) is 0 Å². The number of hydrogen-bond donors (Lipinski definition) is 1. The zero-order valence-electron chi connectivity index (χ0n) is 9.24. The number of ether oxygens (including phenoxy) is 1. The number of rotatable bonds is 5. The Bertz CT molecular complexity index is 382. The summed E-state index contributed by atoms with van der Waals surface area (Å²) in [6.07, 6.45) is 6.79. The van der Waals surface area contributed by atoms with Crippen LogP contribution in [0.3, 0.4) is 0 Å². The summed E-state index contributed by atoms with van der Waals surface area (Å²) in [5.41, 5.74) is 0.800. The van der Waals surface area contributed by atoms with Crippen molar-refractivity contribution in [3.63, 3.8) is 0 Å². The van der Waals surface area contributed by atoms with E-state index < -0.39 is 6.10 Å². The maximum atomic E-state index is 10.0. The van der Waals surface area contributed by atoms with E-state index in [0.29, 0.717) is 18.6 Å². The Morgan fingerprint density at radius 2 is 2.31 bits per heavy atom. The molecule has 1 N–H and O–H groups in total. The maximum Gasteiger partial charge on any atom is 0.124 e. The molecular weight excluding hydrogens is 268 g/mol. The summed E-state index contributed by atoms with van der Waals surface area (Å²) in [4.78, 5) is 0. The summed E-state index contributed by atoms with van der Waals surface area (Å²) in [5, 5.41) is 10.0. The van der Waals surface area contributed by atoms with Crippen LogP contribution in [0.5, 0.6) is 5.75 Å². The average Bonchev–Trinajstić information content (AvgIpc) is 2.29. The SMILES string of the molecule is C#CCCCC(O)c1cc(Br)ccc1OC. The Morgan fingerprint density at radius 3 is 2.94 bits per heavy atom. The van der Waals surface area contributed by atoms with Crippen LogP contribution in [0.2, 0.25) is 0 Å². The van der Waals surface area contributed by atoms with Crippen molar-refractivity contribution >= 4 is 15.9 Å². The van der Waals surface area contributed by atoms with Gasteiger partial charge in [-0.3, -0.25) is 0 Å². The fourth-order valence-electron chi connectivity index (χ4n) is 1.52. The van der Waals surface area contributed by atoms with Crippen LogP contribution in [0.25, 0.3) is 0 Å². The van der Waals surface area contributed by atoms with Gasteiger partial charge in [0.05, 0.1) is 13.2 Å². The minimum atomic E-state index is -0.527. The number of benzene rings is 1. The van der Waals surface area contributed by atoms with Crippen molar-refractivity contribution in [3.05, 3.63) is 28.2 Å². The van der Waals surface area contributed by atoms with Crippen LogP contribution < -0.4 is 4.74 Å². The van der Waals surface area contributed by atoms with Crippen molar-refractivity contribution in [1.82, 2.24) is 0 Å². The zero-order valence-corrected chi connectivity index (χ0v) is 10.8. The molecule has 0 aromatic heterocycles. The largest absolute Gasteiger partial charge is 0.496 e. The van der Waals surface area contributed by atoms with Crippen LogP contribution in [0.4, 0.5) is 0 Å². The highest BCUT2D eigenvalue weighted by Gasteiger charge is 2.13. The predicted octanol–water partition coefficient (Wildman–Crippen LogP) is 3.29. The van der Waals surface area contributed by atoms with Crippen molar-refractivity contribution in [3.8, 4) is 18.1 Å². The van der Waals surface area contributed by atoms with Crippen LogP contribution in [-0.2, 0) is 0 Å². The lowest BCUT2D eigenvalue weighted by molar-refractivity contribution is 0.161. The number of unbranched alkanes of at least 4 members (excludes halogenated alkanes) is 1. The van der Waals surface area contributed by atoms with Gasteiger partial charge in [0, 0.05) is 16.5 Å². The second kappa shape index (κ2) is 6.57. The van der Waals surface area contributed by atoms with Gasteiger partial charge < -0.3 is 9.84 Å². The van der Waals surface area contributed by atoms with E-state index in [1.54, 1.807) is 7.11 Å². The molecule has 1 atom stereocenters. The molecule has 0 amide bonds. The van der Waals surface area contributed by atoms with Gasteiger partial charge >= 0.3 is 0 Å². The van der Waals surface area contributed by atoms with E-state index in [0.717, 1.165) is 16.5 Å². The summed E-state index contributed by atoms with van der Waals surface area (Å²) in [6, 6.07) is 5.60. The molecule has 2 nitrogen and oxygen atoms in total. The fourth-order valence-corrected chi connectivity index (χ4v) is 1.90. The Balaban J connectivity index is 2.77. The molecule has 3 heteroatoms. The number of halogens is 1. The van der Waals surface area contributed by atoms with Gasteiger partial charge in [-0.15, -0.1) is 12.3 Å². The molecule has 0 aliphatic heterocycles. The molecule has 86 valence electrons. The van der Waals surface area contributed by atoms with Crippen molar-refractivity contribution in [1.29, 1.82) is 0 Å². The van der Waals surface area contributed by atoms with Gasteiger partial charge in [-0.05, 0) is 31.0 Å². The molecule has 0 fully saturated rings. The van der Waals surface area contributed by atoms with Crippen LogP contribution in [0.1, 0.15) is 30.9 Å². The second-order valence-corrected chi connectivity index (χ2v) is 4.41. The first-order chi connectivity index (χ1) is 7.69. The fraction of sp³-hybridized carbons (Fsp3) is 0.385. The molecule has 0 spiro atoms. The Kier molecular flexibility index (Phi) is 5.37. The second-order valence-electron chi connectivity index (χ2n) is 3.50. The predicted molar refractivity (Wildman–Crippen MR) is 68.3 cm³/mol. The number of aliphatic hydroxyl groups excluding tert-OH is 1. The highest BCUT2D eigenvalue weighted by atomic mass is 79.9. The van der Waals surface area contributed by atoms with E-state index in [1.165, 1.54) is 0 Å². The molecular formula is C13H15BrO2. The lowest BCUT2D eigenvalue weighted by Gasteiger charge is -2.14. The van der Waals surface area contributed by atoms with E-state index >= 15 is 0 Å². The first-order valence-electron chi connectivity index (χ1n) is 5.14. The Morgan fingerprint density at radius 1 is 1.56 bits per heavy atom. The van der Waals surface area contributed by atoms with Gasteiger partial charge in [-0.2, -0.15) is 0 Å². The van der Waals surface area contributed by atoms with E-state index in [4.69, 9.17) is 11.2 Å². The molecule has 1 unspecified atom stereocenters. The van der Waals surface area contributed by atoms with Crippen LogP contribution >= 0.6 is 15.9 Å². The van der Waals surface area contributed by atoms with Gasteiger partial charge in [0.2, 0.25) is 0 Å². The lowest BCUT2D eigenvalue weighted by atomic mass is 10.0. The average molecular weight is 283 g/mol. The molecule has 0 aliphatic rings. The standard InChI is InChI=1S/C13H15BrO2/c1-3-4-5-6-12(15)11-9-10(14)7-8-13(11)16-2/h1,7-9,12,15H,4-6H2,2H3. The van der Waals surface area contributed by atoms with Gasteiger partial charge in [0.25, 0.3) is 0 Å². The highest BCUT2D eigenvalue weighted by molar-refractivity contribution is 9.10. The Hall–Kier alpha value is -0.980. The number of hydrogen-bond acceptors (Lipinski definition) is 2. The van der Waals surface area contributed by atoms with Gasteiger partial charge in [0.15, 0.2) is 0 Å². The molecule has 1 aromatic rings. The van der Waals surface area contributed by atoms with E-state index in [2.05, 4.69) is 21.9 Å². The molecule has 0 saturated carbocycles. The first-order valence-corrected chi connectivity index (χ1v) is 5.93. The summed E-state index contributed by atoms with van der Waals surface area (Å²) in [7, 11) is 1.60. The molecule has 0 aliphatic carbocycles. The van der Waals surface area contributed by atoms with E-state index in [9.17, 15) is 5.11 Å². The number of aliphatic hydroxyl groups is 1. The molecule has 0 bridgehead atoms. The molecule has 0 saturated heterocycles. The van der Waals surface area contributed by atoms with Gasteiger partial charge in [-0.25, -0.2) is 0 Å². The van der Waals surface area contributed by atoms with Crippen molar-refractivity contribution in [2.24, 2.45) is 0 Å². The number of methoxy groups -OCH3 is 1. The molecule has 0 heterocycles. The third-order valence-corrected chi connectivity index (χ3v) is 2.84. The smallest absolute Gasteiger partial charge is 0.124 e. The van der Waals surface area contributed by atoms with E-state index in [1.807, 2.05) is 18.2 Å². The van der Waals surface area contributed by atoms with Gasteiger partial charge in [-0.1, -0.05) is 15.9 Å². The topological polar surface area (TPSA) is 29.5 Å². The minimum absolute atomic E-state index is 0.527. The monoisotopic (exact) mass is 282 g/mol.